The first-order chi connectivity index (χ1) is 10.1. The van der Waals surface area contributed by atoms with Gasteiger partial charge >= 0.3 is 0 Å². The molecular formula is C16H16BrF2NO. The molecule has 2 rings (SSSR count). The molecule has 2 nitrogen and oxygen atoms in total. The van der Waals surface area contributed by atoms with Gasteiger partial charge in [-0.2, -0.15) is 0 Å². The minimum atomic E-state index is -0.349. The van der Waals surface area contributed by atoms with Gasteiger partial charge < -0.3 is 10.1 Å². The largest absolute Gasteiger partial charge is 0.456 e. The van der Waals surface area contributed by atoms with E-state index in [-0.39, 0.29) is 11.6 Å². The van der Waals surface area contributed by atoms with Crippen molar-refractivity contribution in [1.82, 2.24) is 5.32 Å². The summed E-state index contributed by atoms with van der Waals surface area (Å²) >= 11 is 3.25. The average molecular weight is 356 g/mol. The molecule has 0 saturated carbocycles. The van der Waals surface area contributed by atoms with Crippen molar-refractivity contribution in [2.45, 2.75) is 19.9 Å². The predicted octanol–water partition coefficient (Wildman–Crippen LogP) is 5.02. The van der Waals surface area contributed by atoms with Gasteiger partial charge in [-0.15, -0.1) is 0 Å². The molecule has 21 heavy (non-hydrogen) atoms. The Morgan fingerprint density at radius 2 is 1.71 bits per heavy atom. The topological polar surface area (TPSA) is 21.3 Å². The summed E-state index contributed by atoms with van der Waals surface area (Å²) < 4.78 is 32.7. The molecule has 0 bridgehead atoms. The lowest BCUT2D eigenvalue weighted by Gasteiger charge is -2.13. The molecule has 0 heterocycles. The van der Waals surface area contributed by atoms with E-state index in [0.717, 1.165) is 18.5 Å². The normalized spacial score (nSPS) is 10.7. The van der Waals surface area contributed by atoms with E-state index in [1.54, 1.807) is 6.07 Å². The quantitative estimate of drug-likeness (QED) is 0.734. The van der Waals surface area contributed by atoms with Crippen molar-refractivity contribution in [1.29, 1.82) is 0 Å². The number of rotatable bonds is 6. The monoisotopic (exact) mass is 355 g/mol. The maximum Gasteiger partial charge on any atom is 0.141 e. The smallest absolute Gasteiger partial charge is 0.141 e. The van der Waals surface area contributed by atoms with Crippen molar-refractivity contribution in [3.63, 3.8) is 0 Å². The molecule has 0 aliphatic rings. The molecule has 2 aromatic rings. The molecule has 0 atom stereocenters. The third kappa shape index (κ3) is 4.51. The highest BCUT2D eigenvalue weighted by molar-refractivity contribution is 9.10. The number of halogens is 3. The maximum atomic E-state index is 13.4. The summed E-state index contributed by atoms with van der Waals surface area (Å²) in [4.78, 5) is 0. The van der Waals surface area contributed by atoms with Gasteiger partial charge in [-0.25, -0.2) is 8.78 Å². The van der Waals surface area contributed by atoms with Crippen LogP contribution in [0.5, 0.6) is 11.5 Å². The van der Waals surface area contributed by atoms with E-state index in [4.69, 9.17) is 4.74 Å². The highest BCUT2D eigenvalue weighted by Crippen LogP contribution is 2.32. The SMILES string of the molecule is CCCNCc1cc(F)ccc1Oc1ccc(F)cc1Br. The summed E-state index contributed by atoms with van der Waals surface area (Å²) in [5.41, 5.74) is 0.722. The van der Waals surface area contributed by atoms with Crippen LogP contribution in [0.2, 0.25) is 0 Å². The zero-order valence-electron chi connectivity index (χ0n) is 11.6. The van der Waals surface area contributed by atoms with Gasteiger partial charge in [0.2, 0.25) is 0 Å². The van der Waals surface area contributed by atoms with Crippen molar-refractivity contribution >= 4 is 15.9 Å². The zero-order chi connectivity index (χ0) is 15.2. The number of ether oxygens (including phenoxy) is 1. The lowest BCUT2D eigenvalue weighted by molar-refractivity contribution is 0.465. The molecule has 0 aliphatic carbocycles. The summed E-state index contributed by atoms with van der Waals surface area (Å²) in [5, 5.41) is 3.21. The van der Waals surface area contributed by atoms with Crippen LogP contribution in [0.25, 0.3) is 0 Å². The Bertz CT molecular complexity index is 619. The average Bonchev–Trinajstić information content (AvgIpc) is 2.44. The molecule has 0 unspecified atom stereocenters. The van der Waals surface area contributed by atoms with Crippen LogP contribution in [0.1, 0.15) is 18.9 Å². The Labute approximate surface area is 131 Å². The fourth-order valence-corrected chi connectivity index (χ4v) is 2.29. The lowest BCUT2D eigenvalue weighted by atomic mass is 10.2. The summed E-state index contributed by atoms with van der Waals surface area (Å²) in [5.74, 6) is 0.374. The second kappa shape index (κ2) is 7.52. The summed E-state index contributed by atoms with van der Waals surface area (Å²) in [6.07, 6.45) is 0.995. The lowest BCUT2D eigenvalue weighted by Crippen LogP contribution is -2.14. The molecule has 2 aromatic carbocycles. The van der Waals surface area contributed by atoms with Crippen molar-refractivity contribution in [2.24, 2.45) is 0 Å². The third-order valence-corrected chi connectivity index (χ3v) is 3.50. The first kappa shape index (κ1) is 15.9. The van der Waals surface area contributed by atoms with Gasteiger partial charge in [0, 0.05) is 12.1 Å². The number of benzene rings is 2. The van der Waals surface area contributed by atoms with Crippen LogP contribution in [0.3, 0.4) is 0 Å². The fraction of sp³-hybridized carbons (Fsp3) is 0.250. The predicted molar refractivity (Wildman–Crippen MR) is 82.6 cm³/mol. The van der Waals surface area contributed by atoms with E-state index in [2.05, 4.69) is 28.2 Å². The maximum absolute atomic E-state index is 13.4. The minimum Gasteiger partial charge on any atom is -0.456 e. The van der Waals surface area contributed by atoms with Crippen LogP contribution in [0, 0.1) is 11.6 Å². The van der Waals surface area contributed by atoms with E-state index in [9.17, 15) is 8.78 Å². The van der Waals surface area contributed by atoms with Crippen LogP contribution < -0.4 is 10.1 Å². The summed E-state index contributed by atoms with van der Waals surface area (Å²) in [6, 6.07) is 8.54. The molecule has 0 saturated heterocycles. The molecular weight excluding hydrogens is 340 g/mol. The van der Waals surface area contributed by atoms with Gasteiger partial charge in [-0.05, 0) is 65.3 Å². The van der Waals surface area contributed by atoms with Crippen molar-refractivity contribution in [3.05, 3.63) is 58.1 Å². The molecule has 0 spiro atoms. The number of hydrogen-bond acceptors (Lipinski definition) is 2. The molecule has 0 amide bonds. The van der Waals surface area contributed by atoms with Crippen LogP contribution in [-0.4, -0.2) is 6.54 Å². The van der Waals surface area contributed by atoms with Gasteiger partial charge in [0.15, 0.2) is 0 Å². The second-order valence-electron chi connectivity index (χ2n) is 4.61. The van der Waals surface area contributed by atoms with E-state index in [0.29, 0.717) is 22.5 Å². The van der Waals surface area contributed by atoms with Crippen molar-refractivity contribution in [2.75, 3.05) is 6.54 Å². The molecule has 5 heteroatoms. The molecule has 0 aliphatic heterocycles. The molecule has 112 valence electrons. The van der Waals surface area contributed by atoms with Crippen molar-refractivity contribution < 1.29 is 13.5 Å². The Kier molecular flexibility index (Phi) is 5.70. The van der Waals surface area contributed by atoms with E-state index < -0.39 is 0 Å². The van der Waals surface area contributed by atoms with E-state index in [1.165, 1.54) is 30.3 Å². The van der Waals surface area contributed by atoms with Crippen LogP contribution >= 0.6 is 15.9 Å². The van der Waals surface area contributed by atoms with Crippen LogP contribution in [0.4, 0.5) is 8.78 Å². The molecule has 1 N–H and O–H groups in total. The highest BCUT2D eigenvalue weighted by Gasteiger charge is 2.09. The fourth-order valence-electron chi connectivity index (χ4n) is 1.86. The summed E-state index contributed by atoms with van der Waals surface area (Å²) in [6.45, 7) is 3.42. The Hall–Kier alpha value is -1.46. The third-order valence-electron chi connectivity index (χ3n) is 2.88. The first-order valence-corrected chi connectivity index (χ1v) is 7.51. The second-order valence-corrected chi connectivity index (χ2v) is 5.46. The van der Waals surface area contributed by atoms with E-state index >= 15 is 0 Å². The highest BCUT2D eigenvalue weighted by atomic mass is 79.9. The van der Waals surface area contributed by atoms with Crippen molar-refractivity contribution in [3.8, 4) is 11.5 Å². The Balaban J connectivity index is 2.22. The summed E-state index contributed by atoms with van der Waals surface area (Å²) in [7, 11) is 0. The van der Waals surface area contributed by atoms with Gasteiger partial charge in [0.05, 0.1) is 4.47 Å². The van der Waals surface area contributed by atoms with Crippen LogP contribution in [-0.2, 0) is 6.54 Å². The Morgan fingerprint density at radius 3 is 2.38 bits per heavy atom. The van der Waals surface area contributed by atoms with Gasteiger partial charge in [-0.1, -0.05) is 6.92 Å². The van der Waals surface area contributed by atoms with Gasteiger partial charge in [0.25, 0.3) is 0 Å². The van der Waals surface area contributed by atoms with Crippen LogP contribution in [0.15, 0.2) is 40.9 Å². The van der Waals surface area contributed by atoms with Gasteiger partial charge in [0.1, 0.15) is 23.1 Å². The minimum absolute atomic E-state index is 0.311. The number of hydrogen-bond donors (Lipinski definition) is 1. The Morgan fingerprint density at radius 1 is 1.05 bits per heavy atom. The van der Waals surface area contributed by atoms with E-state index in [1.807, 2.05) is 0 Å². The standard InChI is InChI=1S/C16H16BrF2NO/c1-2-7-20-10-11-8-12(18)3-5-15(11)21-16-6-4-13(19)9-14(16)17/h3-6,8-9,20H,2,7,10H2,1H3. The number of nitrogens with one attached hydrogen (secondary N) is 1. The molecule has 0 radical (unpaired) electrons. The molecule has 0 aromatic heterocycles. The zero-order valence-corrected chi connectivity index (χ0v) is 13.2. The van der Waals surface area contributed by atoms with Gasteiger partial charge in [-0.3, -0.25) is 0 Å². The first-order valence-electron chi connectivity index (χ1n) is 6.72. The molecule has 0 fully saturated rings.